The van der Waals surface area contributed by atoms with Crippen LogP contribution in [0.3, 0.4) is 0 Å². The molecule has 0 saturated heterocycles. The van der Waals surface area contributed by atoms with Crippen molar-refractivity contribution in [3.63, 3.8) is 0 Å². The van der Waals surface area contributed by atoms with E-state index in [1.807, 2.05) is 12.1 Å². The summed E-state index contributed by atoms with van der Waals surface area (Å²) in [5, 5.41) is 13.1. The first-order valence-corrected chi connectivity index (χ1v) is 7.72. The fourth-order valence-corrected chi connectivity index (χ4v) is 2.84. The van der Waals surface area contributed by atoms with Crippen molar-refractivity contribution in [2.75, 3.05) is 39.2 Å². The quantitative estimate of drug-likeness (QED) is 0.671. The van der Waals surface area contributed by atoms with Crippen molar-refractivity contribution in [3.8, 4) is 5.75 Å². The third-order valence-electron chi connectivity index (χ3n) is 4.08. The Bertz CT molecular complexity index is 855. The van der Waals surface area contributed by atoms with Gasteiger partial charge in [0.05, 0.1) is 44.1 Å². The van der Waals surface area contributed by atoms with Crippen LogP contribution in [-0.2, 0) is 14.3 Å². The molecule has 0 unspecified atom stereocenters. The molecule has 3 rings (SSSR count). The average molecular weight is 345 g/mol. The summed E-state index contributed by atoms with van der Waals surface area (Å²) >= 11 is 0. The third kappa shape index (κ3) is 3.03. The lowest BCUT2D eigenvalue weighted by atomic mass is 10.2. The Labute approximate surface area is 144 Å². The zero-order valence-electron chi connectivity index (χ0n) is 14.0. The molecule has 25 heavy (non-hydrogen) atoms. The fourth-order valence-electron chi connectivity index (χ4n) is 2.84. The van der Waals surface area contributed by atoms with Crippen LogP contribution in [0.25, 0.3) is 10.9 Å². The van der Waals surface area contributed by atoms with Crippen LogP contribution in [0, 0.1) is 0 Å². The van der Waals surface area contributed by atoms with Crippen molar-refractivity contribution in [3.05, 3.63) is 35.7 Å². The predicted octanol–water partition coefficient (Wildman–Crippen LogP) is 0.850. The van der Waals surface area contributed by atoms with E-state index in [1.54, 1.807) is 19.4 Å². The molecule has 8 nitrogen and oxygen atoms in total. The van der Waals surface area contributed by atoms with Crippen LogP contribution in [0.5, 0.6) is 5.75 Å². The Hall–Kier alpha value is -3.00. The molecule has 2 heterocycles. The minimum Gasteiger partial charge on any atom is -0.497 e. The number of ether oxygens (including phenoxy) is 2. The van der Waals surface area contributed by atoms with Crippen LogP contribution < -0.4 is 10.1 Å². The Kier molecular flexibility index (Phi) is 4.62. The number of carbonyl (C=O) groups excluding carboxylic acids is 2. The maximum absolute atomic E-state index is 12.6. The SMILES string of the molecule is COC(=O)C1=C(Nc2cc(OC)cc3cc[nH]c23)C(=O)N(CCO)C1. The van der Waals surface area contributed by atoms with E-state index in [1.165, 1.54) is 12.0 Å². The normalized spacial score (nSPS) is 14.4. The molecule has 0 saturated carbocycles. The average Bonchev–Trinajstić information content (AvgIpc) is 3.21. The Balaban J connectivity index is 2.03. The molecule has 1 aliphatic heterocycles. The number of esters is 1. The first kappa shape index (κ1) is 16.8. The smallest absolute Gasteiger partial charge is 0.337 e. The zero-order chi connectivity index (χ0) is 18.0. The number of hydrogen-bond donors (Lipinski definition) is 3. The monoisotopic (exact) mass is 345 g/mol. The highest BCUT2D eigenvalue weighted by atomic mass is 16.5. The number of aliphatic hydroxyl groups is 1. The number of rotatable bonds is 6. The van der Waals surface area contributed by atoms with E-state index in [-0.39, 0.29) is 36.9 Å². The van der Waals surface area contributed by atoms with Crippen LogP contribution in [0.15, 0.2) is 35.7 Å². The largest absolute Gasteiger partial charge is 0.497 e. The van der Waals surface area contributed by atoms with Gasteiger partial charge in [0.1, 0.15) is 11.4 Å². The number of aromatic amines is 1. The number of benzene rings is 1. The number of nitrogens with zero attached hydrogens (tertiary/aromatic N) is 1. The van der Waals surface area contributed by atoms with Gasteiger partial charge >= 0.3 is 5.97 Å². The van der Waals surface area contributed by atoms with E-state index in [0.717, 1.165) is 10.9 Å². The Morgan fingerprint density at radius 2 is 2.20 bits per heavy atom. The second-order valence-electron chi connectivity index (χ2n) is 5.54. The van der Waals surface area contributed by atoms with Gasteiger partial charge in [-0.25, -0.2) is 4.79 Å². The van der Waals surface area contributed by atoms with Gasteiger partial charge in [-0.15, -0.1) is 0 Å². The summed E-state index contributed by atoms with van der Waals surface area (Å²) in [6, 6.07) is 5.48. The Morgan fingerprint density at radius 3 is 2.88 bits per heavy atom. The number of anilines is 1. The molecular weight excluding hydrogens is 326 g/mol. The molecule has 0 fully saturated rings. The summed E-state index contributed by atoms with van der Waals surface area (Å²) in [6.45, 7) is 0.0419. The van der Waals surface area contributed by atoms with Gasteiger partial charge in [0, 0.05) is 24.2 Å². The van der Waals surface area contributed by atoms with Gasteiger partial charge in [-0.2, -0.15) is 0 Å². The minimum atomic E-state index is -0.582. The summed E-state index contributed by atoms with van der Waals surface area (Å²) in [6.07, 6.45) is 1.78. The molecule has 2 aromatic rings. The molecule has 0 bridgehead atoms. The minimum absolute atomic E-state index is 0.0895. The molecule has 1 aliphatic rings. The molecule has 0 atom stereocenters. The van der Waals surface area contributed by atoms with Crippen molar-refractivity contribution in [1.29, 1.82) is 0 Å². The second-order valence-corrected chi connectivity index (χ2v) is 5.54. The molecule has 132 valence electrons. The van der Waals surface area contributed by atoms with Crippen LogP contribution in [0.4, 0.5) is 5.69 Å². The number of β-amino-alcohol motifs (C(OH)–C–C–N with tert-alkyl or cyclic N) is 1. The summed E-state index contributed by atoms with van der Waals surface area (Å²) < 4.78 is 10.1. The molecule has 0 radical (unpaired) electrons. The van der Waals surface area contributed by atoms with Crippen molar-refractivity contribution in [2.45, 2.75) is 0 Å². The van der Waals surface area contributed by atoms with E-state index in [4.69, 9.17) is 14.6 Å². The van der Waals surface area contributed by atoms with Gasteiger partial charge in [-0.3, -0.25) is 4.79 Å². The van der Waals surface area contributed by atoms with E-state index in [2.05, 4.69) is 10.3 Å². The highest BCUT2D eigenvalue weighted by Gasteiger charge is 2.34. The summed E-state index contributed by atoms with van der Waals surface area (Å²) in [7, 11) is 2.82. The van der Waals surface area contributed by atoms with Crippen LogP contribution >= 0.6 is 0 Å². The molecule has 8 heteroatoms. The number of aromatic nitrogens is 1. The number of carbonyl (C=O) groups is 2. The predicted molar refractivity (Wildman–Crippen MR) is 91.2 cm³/mol. The van der Waals surface area contributed by atoms with Crippen molar-refractivity contribution < 1.29 is 24.2 Å². The lowest BCUT2D eigenvalue weighted by Crippen LogP contribution is -2.31. The molecular formula is C17H19N3O5. The maximum atomic E-state index is 12.6. The number of aliphatic hydroxyl groups excluding tert-OH is 1. The van der Waals surface area contributed by atoms with Crippen LogP contribution in [-0.4, -0.2) is 60.8 Å². The number of nitrogens with one attached hydrogen (secondary N) is 2. The summed E-state index contributed by atoms with van der Waals surface area (Å²) in [5.41, 5.74) is 1.76. The molecule has 1 aromatic heterocycles. The van der Waals surface area contributed by atoms with E-state index in [0.29, 0.717) is 11.4 Å². The first-order chi connectivity index (χ1) is 12.1. The molecule has 1 aromatic carbocycles. The maximum Gasteiger partial charge on any atom is 0.337 e. The molecule has 0 spiro atoms. The first-order valence-electron chi connectivity index (χ1n) is 7.72. The van der Waals surface area contributed by atoms with E-state index < -0.39 is 5.97 Å². The Morgan fingerprint density at radius 1 is 1.40 bits per heavy atom. The number of fused-ring (bicyclic) bond motifs is 1. The zero-order valence-corrected chi connectivity index (χ0v) is 14.0. The number of H-pyrrole nitrogens is 1. The van der Waals surface area contributed by atoms with Crippen molar-refractivity contribution in [1.82, 2.24) is 9.88 Å². The third-order valence-corrected chi connectivity index (χ3v) is 4.08. The highest BCUT2D eigenvalue weighted by molar-refractivity contribution is 6.09. The standard InChI is InChI=1S/C17H19N3O5/c1-24-11-7-10-3-4-18-14(10)13(8-11)19-15-12(17(23)25-2)9-20(5-6-21)16(15)22/h3-4,7-8,18-19,21H,5-6,9H2,1-2H3. The van der Waals surface area contributed by atoms with Crippen molar-refractivity contribution >= 4 is 28.5 Å². The van der Waals surface area contributed by atoms with E-state index in [9.17, 15) is 9.59 Å². The summed E-state index contributed by atoms with van der Waals surface area (Å²) in [4.78, 5) is 29.1. The lowest BCUT2D eigenvalue weighted by Gasteiger charge is -2.15. The highest BCUT2D eigenvalue weighted by Crippen LogP contribution is 2.31. The van der Waals surface area contributed by atoms with Crippen LogP contribution in [0.1, 0.15) is 0 Å². The molecule has 1 amide bonds. The topological polar surface area (TPSA) is 104 Å². The van der Waals surface area contributed by atoms with E-state index >= 15 is 0 Å². The number of amides is 1. The molecule has 3 N–H and O–H groups in total. The van der Waals surface area contributed by atoms with Gasteiger partial charge in [-0.05, 0) is 12.1 Å². The van der Waals surface area contributed by atoms with Crippen LogP contribution in [0.2, 0.25) is 0 Å². The fraction of sp³-hybridized carbons (Fsp3) is 0.294. The van der Waals surface area contributed by atoms with Crippen molar-refractivity contribution in [2.24, 2.45) is 0 Å². The second kappa shape index (κ2) is 6.86. The number of methoxy groups -OCH3 is 2. The van der Waals surface area contributed by atoms with Gasteiger partial charge < -0.3 is 29.8 Å². The summed E-state index contributed by atoms with van der Waals surface area (Å²) in [5.74, 6) is -0.327. The van der Waals surface area contributed by atoms with Gasteiger partial charge in [-0.1, -0.05) is 0 Å². The van der Waals surface area contributed by atoms with Gasteiger partial charge in [0.15, 0.2) is 0 Å². The lowest BCUT2D eigenvalue weighted by molar-refractivity contribution is -0.136. The van der Waals surface area contributed by atoms with Gasteiger partial charge in [0.2, 0.25) is 0 Å². The number of hydrogen-bond acceptors (Lipinski definition) is 6. The molecule has 0 aliphatic carbocycles. The van der Waals surface area contributed by atoms with Gasteiger partial charge in [0.25, 0.3) is 5.91 Å².